The number of hydrogen-bond donors (Lipinski definition) is 1. The van der Waals surface area contributed by atoms with E-state index in [0.717, 1.165) is 17.6 Å². The lowest BCUT2D eigenvalue weighted by atomic mass is 10.2. The van der Waals surface area contributed by atoms with Gasteiger partial charge in [0, 0.05) is 30.7 Å². The van der Waals surface area contributed by atoms with Crippen LogP contribution in [0.15, 0.2) is 28.7 Å². The van der Waals surface area contributed by atoms with Crippen molar-refractivity contribution >= 4 is 31.7 Å². The van der Waals surface area contributed by atoms with Crippen molar-refractivity contribution in [3.05, 3.63) is 34.3 Å². The first kappa shape index (κ1) is 15.5. The van der Waals surface area contributed by atoms with Crippen molar-refractivity contribution in [1.82, 2.24) is 10.2 Å². The van der Waals surface area contributed by atoms with Gasteiger partial charge in [0.15, 0.2) is 9.84 Å². The second-order valence-corrected chi connectivity index (χ2v) is 7.77. The first-order valence-electron chi connectivity index (χ1n) is 6.40. The lowest BCUT2D eigenvalue weighted by Gasteiger charge is -2.27. The van der Waals surface area contributed by atoms with Crippen molar-refractivity contribution in [2.75, 3.05) is 31.9 Å². The van der Waals surface area contributed by atoms with Gasteiger partial charge in [-0.1, -0.05) is 28.1 Å². The fourth-order valence-corrected chi connectivity index (χ4v) is 3.70. The molecule has 20 heavy (non-hydrogen) atoms. The minimum atomic E-state index is -3.42. The van der Waals surface area contributed by atoms with Gasteiger partial charge < -0.3 is 10.2 Å². The van der Waals surface area contributed by atoms with E-state index in [1.807, 2.05) is 0 Å². The molecule has 0 radical (unpaired) electrons. The zero-order valence-corrected chi connectivity index (χ0v) is 13.4. The number of piperazine rings is 1. The number of carbonyl (C=O) groups is 1. The van der Waals surface area contributed by atoms with E-state index in [2.05, 4.69) is 21.2 Å². The molecule has 1 aliphatic rings. The van der Waals surface area contributed by atoms with E-state index < -0.39 is 15.6 Å². The molecule has 0 atom stereocenters. The molecule has 0 unspecified atom stereocenters. The van der Waals surface area contributed by atoms with E-state index in [-0.39, 0.29) is 11.7 Å². The van der Waals surface area contributed by atoms with Crippen molar-refractivity contribution in [2.24, 2.45) is 0 Å². The molecule has 0 aliphatic carbocycles. The number of sulfone groups is 1. The Morgan fingerprint density at radius 3 is 2.40 bits per heavy atom. The predicted octanol–water partition coefficient (Wildman–Crippen LogP) is 0.796. The van der Waals surface area contributed by atoms with Crippen LogP contribution in [-0.2, 0) is 20.4 Å². The Hall–Kier alpha value is -0.920. The first-order chi connectivity index (χ1) is 9.46. The number of benzene rings is 1. The number of halogens is 1. The van der Waals surface area contributed by atoms with Crippen molar-refractivity contribution < 1.29 is 13.2 Å². The molecule has 0 bridgehead atoms. The topological polar surface area (TPSA) is 66.5 Å². The van der Waals surface area contributed by atoms with Crippen LogP contribution >= 0.6 is 15.9 Å². The second kappa shape index (κ2) is 6.69. The van der Waals surface area contributed by atoms with Crippen LogP contribution in [0.3, 0.4) is 0 Å². The molecule has 2 rings (SSSR count). The number of nitrogens with zero attached hydrogens (tertiary/aromatic N) is 1. The lowest BCUT2D eigenvalue weighted by molar-refractivity contribution is -0.128. The van der Waals surface area contributed by atoms with Gasteiger partial charge in [-0.05, 0) is 17.7 Å². The Morgan fingerprint density at radius 2 is 1.80 bits per heavy atom. The number of amides is 1. The second-order valence-electron chi connectivity index (χ2n) is 4.79. The van der Waals surface area contributed by atoms with Gasteiger partial charge in [-0.25, -0.2) is 8.42 Å². The Balaban J connectivity index is 1.96. The van der Waals surface area contributed by atoms with Crippen LogP contribution in [0.1, 0.15) is 5.56 Å². The molecule has 1 aromatic rings. The zero-order chi connectivity index (χ0) is 14.6. The van der Waals surface area contributed by atoms with Gasteiger partial charge in [0.25, 0.3) is 0 Å². The minimum Gasteiger partial charge on any atom is -0.339 e. The van der Waals surface area contributed by atoms with Crippen LogP contribution in [0.25, 0.3) is 0 Å². The van der Waals surface area contributed by atoms with Crippen LogP contribution < -0.4 is 5.32 Å². The molecule has 110 valence electrons. The molecule has 0 aromatic heterocycles. The molecule has 0 spiro atoms. The van der Waals surface area contributed by atoms with E-state index in [9.17, 15) is 13.2 Å². The monoisotopic (exact) mass is 360 g/mol. The maximum Gasteiger partial charge on any atom is 0.237 e. The number of carbonyl (C=O) groups excluding carboxylic acids is 1. The Labute approximate surface area is 127 Å². The number of nitrogens with one attached hydrogen (secondary N) is 1. The van der Waals surface area contributed by atoms with Crippen molar-refractivity contribution in [2.45, 2.75) is 5.75 Å². The summed E-state index contributed by atoms with van der Waals surface area (Å²) in [5.41, 5.74) is 0.696. The molecule has 0 saturated carbocycles. The molecule has 5 nitrogen and oxygen atoms in total. The highest BCUT2D eigenvalue weighted by atomic mass is 79.9. The maximum atomic E-state index is 12.1. The third-order valence-electron chi connectivity index (χ3n) is 3.11. The summed E-state index contributed by atoms with van der Waals surface area (Å²) < 4.78 is 25.0. The summed E-state index contributed by atoms with van der Waals surface area (Å²) in [5, 5.41) is 3.13. The third kappa shape index (κ3) is 4.57. The zero-order valence-electron chi connectivity index (χ0n) is 11.0. The molecule has 1 N–H and O–H groups in total. The van der Waals surface area contributed by atoms with Gasteiger partial charge in [0.05, 0.1) is 5.75 Å². The van der Waals surface area contributed by atoms with Gasteiger partial charge in [-0.15, -0.1) is 0 Å². The van der Waals surface area contributed by atoms with E-state index in [1.165, 1.54) is 0 Å². The summed E-state index contributed by atoms with van der Waals surface area (Å²) >= 11 is 3.30. The summed E-state index contributed by atoms with van der Waals surface area (Å²) in [5.74, 6) is -0.815. The van der Waals surface area contributed by atoms with Crippen molar-refractivity contribution in [3.63, 3.8) is 0 Å². The van der Waals surface area contributed by atoms with Gasteiger partial charge >= 0.3 is 0 Å². The fourth-order valence-electron chi connectivity index (χ4n) is 2.08. The van der Waals surface area contributed by atoms with E-state index in [1.54, 1.807) is 29.2 Å². The largest absolute Gasteiger partial charge is 0.339 e. The Bertz CT molecular complexity index is 566. The summed E-state index contributed by atoms with van der Waals surface area (Å²) in [6.07, 6.45) is 0. The van der Waals surface area contributed by atoms with Gasteiger partial charge in [0.2, 0.25) is 5.91 Å². The molecule has 1 fully saturated rings. The fraction of sp³-hybridized carbons (Fsp3) is 0.462. The highest BCUT2D eigenvalue weighted by molar-refractivity contribution is 9.10. The summed E-state index contributed by atoms with van der Waals surface area (Å²) in [7, 11) is -3.42. The van der Waals surface area contributed by atoms with Crippen LogP contribution in [0.2, 0.25) is 0 Å². The third-order valence-corrected chi connectivity index (χ3v) is 5.10. The molecule has 1 heterocycles. The molecular formula is C13H17BrN2O3S. The van der Waals surface area contributed by atoms with Crippen molar-refractivity contribution in [1.29, 1.82) is 0 Å². The van der Waals surface area contributed by atoms with Crippen LogP contribution in [0, 0.1) is 0 Å². The maximum absolute atomic E-state index is 12.1. The Kier molecular flexibility index (Phi) is 5.17. The highest BCUT2D eigenvalue weighted by Crippen LogP contribution is 2.13. The predicted molar refractivity (Wildman–Crippen MR) is 81.1 cm³/mol. The normalized spacial score (nSPS) is 16.1. The van der Waals surface area contributed by atoms with E-state index in [0.29, 0.717) is 18.7 Å². The molecule has 1 aliphatic heterocycles. The van der Waals surface area contributed by atoms with Gasteiger partial charge in [0.1, 0.15) is 5.75 Å². The van der Waals surface area contributed by atoms with Crippen LogP contribution in [0.5, 0.6) is 0 Å². The summed E-state index contributed by atoms with van der Waals surface area (Å²) in [4.78, 5) is 13.6. The van der Waals surface area contributed by atoms with Crippen LogP contribution in [-0.4, -0.2) is 51.2 Å². The summed E-state index contributed by atoms with van der Waals surface area (Å²) in [6, 6.07) is 7.08. The highest BCUT2D eigenvalue weighted by Gasteiger charge is 2.23. The minimum absolute atomic E-state index is 0.0991. The quantitative estimate of drug-likeness (QED) is 0.862. The first-order valence-corrected chi connectivity index (χ1v) is 9.01. The van der Waals surface area contributed by atoms with E-state index in [4.69, 9.17) is 0 Å². The Morgan fingerprint density at radius 1 is 1.20 bits per heavy atom. The molecule has 1 saturated heterocycles. The number of rotatable bonds is 4. The van der Waals surface area contributed by atoms with Crippen molar-refractivity contribution in [3.8, 4) is 0 Å². The van der Waals surface area contributed by atoms with Gasteiger partial charge in [-0.2, -0.15) is 0 Å². The SMILES string of the molecule is O=C(CS(=O)(=O)Cc1ccc(Br)cc1)N1CCNCC1. The average molecular weight is 361 g/mol. The lowest BCUT2D eigenvalue weighted by Crippen LogP contribution is -2.48. The van der Waals surface area contributed by atoms with Crippen LogP contribution in [0.4, 0.5) is 0 Å². The molecule has 7 heteroatoms. The number of hydrogen-bond acceptors (Lipinski definition) is 4. The summed E-state index contributed by atoms with van der Waals surface area (Å²) in [6.45, 7) is 2.59. The smallest absolute Gasteiger partial charge is 0.237 e. The molecule has 1 amide bonds. The van der Waals surface area contributed by atoms with Gasteiger partial charge in [-0.3, -0.25) is 4.79 Å². The molecular weight excluding hydrogens is 344 g/mol. The van der Waals surface area contributed by atoms with E-state index >= 15 is 0 Å². The standard InChI is InChI=1S/C13H17BrN2O3S/c14-12-3-1-11(2-4-12)9-20(18,19)10-13(17)16-7-5-15-6-8-16/h1-4,15H,5-10H2. The molecule has 1 aromatic carbocycles. The average Bonchev–Trinajstić information content (AvgIpc) is 2.41.